The molecular formula is C16H20BrNO4. The third-order valence-corrected chi connectivity index (χ3v) is 4.75. The molecule has 0 radical (unpaired) electrons. The van der Waals surface area contributed by atoms with Crippen molar-refractivity contribution < 1.29 is 19.4 Å². The number of nitrogens with one attached hydrogen (secondary N) is 1. The zero-order valence-electron chi connectivity index (χ0n) is 12.5. The lowest BCUT2D eigenvalue weighted by atomic mass is 9.74. The van der Waals surface area contributed by atoms with E-state index in [1.54, 1.807) is 18.2 Å². The Morgan fingerprint density at radius 1 is 1.32 bits per heavy atom. The quantitative estimate of drug-likeness (QED) is 0.835. The van der Waals surface area contributed by atoms with E-state index < -0.39 is 11.4 Å². The van der Waals surface area contributed by atoms with Gasteiger partial charge in [-0.15, -0.1) is 0 Å². The smallest absolute Gasteiger partial charge is 0.311 e. The Kier molecular flexibility index (Phi) is 5.45. The molecule has 1 saturated carbocycles. The predicted molar refractivity (Wildman–Crippen MR) is 86.2 cm³/mol. The maximum absolute atomic E-state index is 12.3. The molecule has 0 saturated heterocycles. The molecule has 0 bridgehead atoms. The maximum atomic E-state index is 12.3. The van der Waals surface area contributed by atoms with Crippen molar-refractivity contribution in [2.24, 2.45) is 5.41 Å². The van der Waals surface area contributed by atoms with Crippen LogP contribution in [0.2, 0.25) is 0 Å². The second kappa shape index (κ2) is 7.13. The molecule has 0 aromatic heterocycles. The number of carboxylic acids is 1. The molecule has 5 nitrogen and oxygen atoms in total. The van der Waals surface area contributed by atoms with Gasteiger partial charge >= 0.3 is 5.97 Å². The average molecular weight is 370 g/mol. The van der Waals surface area contributed by atoms with Gasteiger partial charge in [0.1, 0.15) is 5.75 Å². The highest BCUT2D eigenvalue weighted by Gasteiger charge is 2.39. The minimum absolute atomic E-state index is 0.153. The molecule has 0 aliphatic heterocycles. The Hall–Kier alpha value is -1.56. The molecule has 2 N–H and O–H groups in total. The van der Waals surface area contributed by atoms with E-state index >= 15 is 0 Å². The fraction of sp³-hybridized carbons (Fsp3) is 0.500. The molecule has 1 aromatic carbocycles. The van der Waals surface area contributed by atoms with Gasteiger partial charge in [-0.3, -0.25) is 9.59 Å². The van der Waals surface area contributed by atoms with Crippen molar-refractivity contribution in [3.63, 3.8) is 0 Å². The van der Waals surface area contributed by atoms with Crippen LogP contribution >= 0.6 is 15.9 Å². The first-order valence-electron chi connectivity index (χ1n) is 7.34. The molecule has 1 amide bonds. The average Bonchev–Trinajstić information content (AvgIpc) is 2.53. The van der Waals surface area contributed by atoms with Crippen molar-refractivity contribution in [3.05, 3.63) is 28.2 Å². The summed E-state index contributed by atoms with van der Waals surface area (Å²) in [6.45, 7) is 0.153. The summed E-state index contributed by atoms with van der Waals surface area (Å²) in [4.78, 5) is 24.0. The fourth-order valence-electron chi connectivity index (χ4n) is 2.89. The normalized spacial score (nSPS) is 16.8. The molecule has 2 rings (SSSR count). The van der Waals surface area contributed by atoms with Gasteiger partial charge in [-0.25, -0.2) is 0 Å². The van der Waals surface area contributed by atoms with E-state index in [1.165, 1.54) is 7.11 Å². The van der Waals surface area contributed by atoms with Gasteiger partial charge in [-0.1, -0.05) is 35.2 Å². The topological polar surface area (TPSA) is 75.6 Å². The number of carbonyl (C=O) groups is 2. The Labute approximate surface area is 138 Å². The van der Waals surface area contributed by atoms with Gasteiger partial charge in [0.05, 0.1) is 18.1 Å². The lowest BCUT2D eigenvalue weighted by molar-refractivity contribution is -0.150. The van der Waals surface area contributed by atoms with Crippen LogP contribution in [-0.2, 0) is 4.79 Å². The first kappa shape index (κ1) is 16.8. The summed E-state index contributed by atoms with van der Waals surface area (Å²) in [5, 5.41) is 12.3. The highest BCUT2D eigenvalue weighted by molar-refractivity contribution is 9.10. The minimum Gasteiger partial charge on any atom is -0.496 e. The molecule has 1 fully saturated rings. The number of hydrogen-bond donors (Lipinski definition) is 2. The number of ether oxygens (including phenoxy) is 1. The second-order valence-corrected chi connectivity index (χ2v) is 6.59. The zero-order valence-corrected chi connectivity index (χ0v) is 14.1. The second-order valence-electron chi connectivity index (χ2n) is 5.67. The van der Waals surface area contributed by atoms with Crippen LogP contribution < -0.4 is 10.1 Å². The number of amides is 1. The monoisotopic (exact) mass is 369 g/mol. The summed E-state index contributed by atoms with van der Waals surface area (Å²) in [5.41, 5.74) is -0.432. The molecule has 0 atom stereocenters. The largest absolute Gasteiger partial charge is 0.496 e. The summed E-state index contributed by atoms with van der Waals surface area (Å²) in [7, 11) is 1.50. The number of carboxylic acid groups (broad SMARTS) is 1. The molecule has 22 heavy (non-hydrogen) atoms. The van der Waals surface area contributed by atoms with Crippen LogP contribution in [-0.4, -0.2) is 30.6 Å². The van der Waals surface area contributed by atoms with Crippen molar-refractivity contribution in [2.75, 3.05) is 13.7 Å². The molecule has 6 heteroatoms. The molecule has 0 spiro atoms. The van der Waals surface area contributed by atoms with Crippen LogP contribution in [0.1, 0.15) is 42.5 Å². The van der Waals surface area contributed by atoms with Crippen LogP contribution in [0.4, 0.5) is 0 Å². The van der Waals surface area contributed by atoms with Crippen LogP contribution in [0, 0.1) is 5.41 Å². The molecule has 0 unspecified atom stereocenters. The highest BCUT2D eigenvalue weighted by Crippen LogP contribution is 2.36. The molecular weight excluding hydrogens is 350 g/mol. The van der Waals surface area contributed by atoms with E-state index in [1.807, 2.05) is 0 Å². The van der Waals surface area contributed by atoms with Crippen LogP contribution in [0.25, 0.3) is 0 Å². The lowest BCUT2D eigenvalue weighted by Gasteiger charge is -2.33. The summed E-state index contributed by atoms with van der Waals surface area (Å²) in [5.74, 6) is -0.675. The Balaban J connectivity index is 2.10. The number of hydrogen-bond acceptors (Lipinski definition) is 3. The molecule has 1 aromatic rings. The number of rotatable bonds is 5. The number of benzene rings is 1. The molecule has 120 valence electrons. The van der Waals surface area contributed by atoms with Crippen molar-refractivity contribution in [3.8, 4) is 5.75 Å². The van der Waals surface area contributed by atoms with E-state index in [9.17, 15) is 14.7 Å². The summed E-state index contributed by atoms with van der Waals surface area (Å²) >= 11 is 3.33. The van der Waals surface area contributed by atoms with Gasteiger partial charge in [0.2, 0.25) is 0 Å². The van der Waals surface area contributed by atoms with Crippen LogP contribution in [0.5, 0.6) is 5.75 Å². The summed E-state index contributed by atoms with van der Waals surface area (Å²) in [6.07, 6.45) is 4.07. The first-order valence-corrected chi connectivity index (χ1v) is 8.13. The standard InChI is InChI=1S/C16H20BrNO4/c1-22-13-9-11(17)5-6-12(13)14(19)18-10-16(15(20)21)7-3-2-4-8-16/h5-6,9H,2-4,7-8,10H2,1H3,(H,18,19)(H,20,21). The molecule has 1 aliphatic rings. The predicted octanol–water partition coefficient (Wildman–Crippen LogP) is 3.22. The third-order valence-electron chi connectivity index (χ3n) is 4.26. The van der Waals surface area contributed by atoms with E-state index in [0.717, 1.165) is 23.7 Å². The van der Waals surface area contributed by atoms with Gasteiger partial charge in [0, 0.05) is 11.0 Å². The number of halogens is 1. The Morgan fingerprint density at radius 3 is 2.59 bits per heavy atom. The lowest BCUT2D eigenvalue weighted by Crippen LogP contribution is -2.44. The summed E-state index contributed by atoms with van der Waals surface area (Å²) in [6, 6.07) is 5.13. The first-order chi connectivity index (χ1) is 10.5. The fourth-order valence-corrected chi connectivity index (χ4v) is 3.23. The van der Waals surface area contributed by atoms with Crippen LogP contribution in [0.3, 0.4) is 0 Å². The van der Waals surface area contributed by atoms with Crippen molar-refractivity contribution in [1.82, 2.24) is 5.32 Å². The van der Waals surface area contributed by atoms with E-state index in [-0.39, 0.29) is 12.5 Å². The summed E-state index contributed by atoms with van der Waals surface area (Å²) < 4.78 is 6.02. The van der Waals surface area contributed by atoms with E-state index in [2.05, 4.69) is 21.2 Å². The van der Waals surface area contributed by atoms with Crippen LogP contribution in [0.15, 0.2) is 22.7 Å². The molecule has 1 aliphatic carbocycles. The number of aliphatic carboxylic acids is 1. The van der Waals surface area contributed by atoms with Gasteiger partial charge in [0.25, 0.3) is 5.91 Å². The Morgan fingerprint density at radius 2 is 2.00 bits per heavy atom. The van der Waals surface area contributed by atoms with Crippen molar-refractivity contribution in [1.29, 1.82) is 0 Å². The van der Waals surface area contributed by atoms with Crippen molar-refractivity contribution >= 4 is 27.8 Å². The van der Waals surface area contributed by atoms with Gasteiger partial charge in [-0.2, -0.15) is 0 Å². The van der Waals surface area contributed by atoms with Gasteiger partial charge in [0.15, 0.2) is 0 Å². The highest BCUT2D eigenvalue weighted by atomic mass is 79.9. The van der Waals surface area contributed by atoms with E-state index in [0.29, 0.717) is 24.2 Å². The zero-order chi connectivity index (χ0) is 16.2. The minimum atomic E-state index is -0.837. The van der Waals surface area contributed by atoms with Crippen molar-refractivity contribution in [2.45, 2.75) is 32.1 Å². The maximum Gasteiger partial charge on any atom is 0.311 e. The SMILES string of the molecule is COc1cc(Br)ccc1C(=O)NCC1(C(=O)O)CCCCC1. The van der Waals surface area contributed by atoms with Gasteiger partial charge in [-0.05, 0) is 31.0 Å². The third kappa shape index (κ3) is 3.61. The van der Waals surface area contributed by atoms with E-state index in [4.69, 9.17) is 4.74 Å². The molecule has 0 heterocycles. The number of carbonyl (C=O) groups excluding carboxylic acids is 1. The number of methoxy groups -OCH3 is 1. The Bertz CT molecular complexity index is 567. The van der Waals surface area contributed by atoms with Gasteiger partial charge < -0.3 is 15.2 Å².